The number of carbonyl (C=O) groups is 1. The van der Waals surface area contributed by atoms with Gasteiger partial charge in [-0.15, -0.1) is 0 Å². The molecule has 1 aliphatic heterocycles. The van der Waals surface area contributed by atoms with Crippen LogP contribution in [0.5, 0.6) is 0 Å². The van der Waals surface area contributed by atoms with Gasteiger partial charge in [-0.05, 0) is 34.9 Å². The number of aromatic nitrogens is 2. The summed E-state index contributed by atoms with van der Waals surface area (Å²) in [4.78, 5) is 11.8. The Hall–Kier alpha value is -2.83. The van der Waals surface area contributed by atoms with Gasteiger partial charge >= 0.3 is 6.18 Å². The van der Waals surface area contributed by atoms with Gasteiger partial charge in [-0.3, -0.25) is 9.89 Å². The van der Waals surface area contributed by atoms with E-state index in [9.17, 15) is 18.0 Å². The second-order valence-electron chi connectivity index (χ2n) is 5.37. The van der Waals surface area contributed by atoms with E-state index in [0.29, 0.717) is 39.7 Å². The van der Waals surface area contributed by atoms with Crippen molar-refractivity contribution in [1.29, 1.82) is 0 Å². The third kappa shape index (κ3) is 2.08. The number of halogens is 3. The Morgan fingerprint density at radius 1 is 1.09 bits per heavy atom. The molecule has 1 aromatic heterocycles. The number of amides is 1. The minimum atomic E-state index is -4.46. The van der Waals surface area contributed by atoms with Crippen molar-refractivity contribution in [3.8, 4) is 11.1 Å². The highest BCUT2D eigenvalue weighted by molar-refractivity contribution is 6.03. The topological polar surface area (TPSA) is 57.8 Å². The van der Waals surface area contributed by atoms with E-state index in [2.05, 4.69) is 15.5 Å². The van der Waals surface area contributed by atoms with Crippen molar-refractivity contribution >= 4 is 16.8 Å². The molecule has 0 saturated heterocycles. The van der Waals surface area contributed by atoms with E-state index in [1.165, 1.54) is 6.20 Å². The van der Waals surface area contributed by atoms with Gasteiger partial charge in [0.2, 0.25) is 0 Å². The highest BCUT2D eigenvalue weighted by Gasteiger charge is 2.32. The fourth-order valence-electron chi connectivity index (χ4n) is 2.94. The number of H-pyrrole nitrogens is 1. The van der Waals surface area contributed by atoms with E-state index in [1.54, 1.807) is 18.2 Å². The summed E-state index contributed by atoms with van der Waals surface area (Å²) in [5, 5.41) is 9.72. The minimum absolute atomic E-state index is 0.211. The molecule has 0 saturated carbocycles. The smallest absolute Gasteiger partial charge is 0.348 e. The normalized spacial score (nSPS) is 14.1. The number of alkyl halides is 3. The minimum Gasteiger partial charge on any atom is -0.348 e. The molecule has 2 aromatic carbocycles. The lowest BCUT2D eigenvalue weighted by Gasteiger charge is -2.12. The number of benzene rings is 2. The van der Waals surface area contributed by atoms with Gasteiger partial charge in [0, 0.05) is 17.5 Å². The van der Waals surface area contributed by atoms with Crippen molar-refractivity contribution in [3.63, 3.8) is 0 Å². The Morgan fingerprint density at radius 3 is 2.65 bits per heavy atom. The standard InChI is InChI=1S/C16H10F3N3O/c17-16(18,19)8-4-11(13-7-21-22-14(13)5-8)9-2-1-3-10-12(9)6-20-15(10)23/h1-5,7H,6H2,(H,20,23)(H,21,22). The van der Waals surface area contributed by atoms with Crippen LogP contribution >= 0.6 is 0 Å². The van der Waals surface area contributed by atoms with Gasteiger partial charge in [0.05, 0.1) is 17.3 Å². The SMILES string of the molecule is O=C1NCc2c1cccc2-c1cc(C(F)(F)F)cc2[nH]ncc12. The molecule has 4 rings (SSSR count). The molecule has 7 heteroatoms. The maximum atomic E-state index is 13.2. The third-order valence-electron chi connectivity index (χ3n) is 4.02. The second-order valence-corrected chi connectivity index (χ2v) is 5.37. The fourth-order valence-corrected chi connectivity index (χ4v) is 2.94. The number of hydrogen-bond acceptors (Lipinski definition) is 2. The van der Waals surface area contributed by atoms with Crippen LogP contribution < -0.4 is 5.32 Å². The van der Waals surface area contributed by atoms with Crippen LogP contribution in [0.3, 0.4) is 0 Å². The number of aromatic amines is 1. The molecule has 1 aliphatic rings. The zero-order valence-electron chi connectivity index (χ0n) is 11.7. The summed E-state index contributed by atoms with van der Waals surface area (Å²) in [5.74, 6) is -0.211. The molecule has 1 amide bonds. The summed E-state index contributed by atoms with van der Waals surface area (Å²) in [7, 11) is 0. The number of nitrogens with zero attached hydrogens (tertiary/aromatic N) is 1. The molecular formula is C16H10F3N3O. The molecule has 2 N–H and O–H groups in total. The van der Waals surface area contributed by atoms with Crippen molar-refractivity contribution in [2.45, 2.75) is 12.7 Å². The first-order valence-electron chi connectivity index (χ1n) is 6.90. The quantitative estimate of drug-likeness (QED) is 0.722. The van der Waals surface area contributed by atoms with Gasteiger partial charge in [0.15, 0.2) is 0 Å². The van der Waals surface area contributed by atoms with Crippen LogP contribution in [-0.4, -0.2) is 16.1 Å². The van der Waals surface area contributed by atoms with Gasteiger partial charge in [-0.2, -0.15) is 18.3 Å². The summed E-state index contributed by atoms with van der Waals surface area (Å²) in [5.41, 5.74) is 1.79. The maximum absolute atomic E-state index is 13.2. The fraction of sp³-hybridized carbons (Fsp3) is 0.125. The van der Waals surface area contributed by atoms with E-state index in [4.69, 9.17) is 0 Å². The molecule has 0 radical (unpaired) electrons. The summed E-state index contributed by atoms with van der Waals surface area (Å²) < 4.78 is 39.5. The van der Waals surface area contributed by atoms with Crippen LogP contribution in [0.1, 0.15) is 21.5 Å². The van der Waals surface area contributed by atoms with Crippen molar-refractivity contribution in [2.24, 2.45) is 0 Å². The Bertz CT molecular complexity index is 943. The molecule has 0 atom stereocenters. The summed E-state index contributed by atoms with van der Waals surface area (Å²) in [6.07, 6.45) is -2.96. The van der Waals surface area contributed by atoms with Crippen LogP contribution in [0, 0.1) is 0 Å². The van der Waals surface area contributed by atoms with Crippen LogP contribution in [0.2, 0.25) is 0 Å². The molecule has 0 spiro atoms. The third-order valence-corrected chi connectivity index (χ3v) is 4.02. The molecule has 0 aliphatic carbocycles. The predicted molar refractivity (Wildman–Crippen MR) is 77.7 cm³/mol. The van der Waals surface area contributed by atoms with Gasteiger partial charge in [0.25, 0.3) is 5.91 Å². The number of fused-ring (bicyclic) bond motifs is 2. The predicted octanol–water partition coefficient (Wildman–Crippen LogP) is 3.49. The lowest BCUT2D eigenvalue weighted by Crippen LogP contribution is -2.12. The van der Waals surface area contributed by atoms with Crippen LogP contribution in [0.15, 0.2) is 36.5 Å². The highest BCUT2D eigenvalue weighted by atomic mass is 19.4. The Labute approximate surface area is 128 Å². The van der Waals surface area contributed by atoms with E-state index >= 15 is 0 Å². The lowest BCUT2D eigenvalue weighted by molar-refractivity contribution is -0.137. The van der Waals surface area contributed by atoms with Gasteiger partial charge in [-0.25, -0.2) is 0 Å². The van der Waals surface area contributed by atoms with E-state index in [-0.39, 0.29) is 5.91 Å². The molecule has 0 bridgehead atoms. The largest absolute Gasteiger partial charge is 0.416 e. The first kappa shape index (κ1) is 13.8. The van der Waals surface area contributed by atoms with Crippen molar-refractivity contribution in [2.75, 3.05) is 0 Å². The van der Waals surface area contributed by atoms with Gasteiger partial charge in [-0.1, -0.05) is 12.1 Å². The monoisotopic (exact) mass is 317 g/mol. The average Bonchev–Trinajstić information content (AvgIpc) is 3.12. The zero-order chi connectivity index (χ0) is 16.2. The van der Waals surface area contributed by atoms with Crippen LogP contribution in [0.4, 0.5) is 13.2 Å². The van der Waals surface area contributed by atoms with Crippen molar-refractivity contribution in [3.05, 3.63) is 53.2 Å². The first-order chi connectivity index (χ1) is 10.9. The number of nitrogens with one attached hydrogen (secondary N) is 2. The van der Waals surface area contributed by atoms with Crippen molar-refractivity contribution in [1.82, 2.24) is 15.5 Å². The van der Waals surface area contributed by atoms with E-state index < -0.39 is 11.7 Å². The Kier molecular flexibility index (Phi) is 2.75. The van der Waals surface area contributed by atoms with E-state index in [0.717, 1.165) is 12.1 Å². The molecule has 23 heavy (non-hydrogen) atoms. The zero-order valence-corrected chi connectivity index (χ0v) is 11.7. The van der Waals surface area contributed by atoms with Gasteiger partial charge in [0.1, 0.15) is 0 Å². The Morgan fingerprint density at radius 2 is 1.87 bits per heavy atom. The number of hydrogen-bond donors (Lipinski definition) is 2. The van der Waals surface area contributed by atoms with Crippen molar-refractivity contribution < 1.29 is 18.0 Å². The molecule has 116 valence electrons. The van der Waals surface area contributed by atoms with Crippen LogP contribution in [0.25, 0.3) is 22.0 Å². The summed E-state index contributed by atoms with van der Waals surface area (Å²) >= 11 is 0. The highest BCUT2D eigenvalue weighted by Crippen LogP contribution is 2.38. The molecule has 3 aromatic rings. The summed E-state index contributed by atoms with van der Waals surface area (Å²) in [6, 6.07) is 7.21. The first-order valence-corrected chi connectivity index (χ1v) is 6.90. The molecule has 4 nitrogen and oxygen atoms in total. The van der Waals surface area contributed by atoms with E-state index in [1.807, 2.05) is 0 Å². The summed E-state index contributed by atoms with van der Waals surface area (Å²) in [6.45, 7) is 0.305. The molecule has 2 heterocycles. The molecule has 0 fully saturated rings. The van der Waals surface area contributed by atoms with Crippen LogP contribution in [-0.2, 0) is 12.7 Å². The second kappa shape index (κ2) is 4.58. The molecular weight excluding hydrogens is 307 g/mol. The lowest BCUT2D eigenvalue weighted by atomic mass is 9.93. The number of rotatable bonds is 1. The number of carbonyl (C=O) groups excluding carboxylic acids is 1. The maximum Gasteiger partial charge on any atom is 0.416 e. The Balaban J connectivity index is 2.03. The van der Waals surface area contributed by atoms with Gasteiger partial charge < -0.3 is 5.32 Å². The average molecular weight is 317 g/mol. The molecule has 0 unspecified atom stereocenters.